The number of esters is 1. The summed E-state index contributed by atoms with van der Waals surface area (Å²) in [6.45, 7) is 1.17. The molecule has 0 spiro atoms. The van der Waals surface area contributed by atoms with Crippen LogP contribution in [0.5, 0.6) is 5.75 Å². The van der Waals surface area contributed by atoms with E-state index in [9.17, 15) is 35.9 Å². The highest BCUT2D eigenvalue weighted by molar-refractivity contribution is 5.99. The van der Waals surface area contributed by atoms with E-state index in [-0.39, 0.29) is 29.5 Å². The molecule has 2 rings (SSSR count). The van der Waals surface area contributed by atoms with Crippen LogP contribution in [0.25, 0.3) is 0 Å². The van der Waals surface area contributed by atoms with Gasteiger partial charge < -0.3 is 4.74 Å². The second-order valence-corrected chi connectivity index (χ2v) is 5.24. The predicted molar refractivity (Wildman–Crippen MR) is 77.9 cm³/mol. The third kappa shape index (κ3) is 4.41. The van der Waals surface area contributed by atoms with E-state index >= 15 is 0 Å². The Morgan fingerprint density at radius 3 is 1.81 bits per heavy atom. The molecule has 0 aliphatic rings. The molecule has 0 aliphatic carbocycles. The van der Waals surface area contributed by atoms with E-state index in [0.29, 0.717) is 0 Å². The van der Waals surface area contributed by atoms with Crippen molar-refractivity contribution in [3.05, 3.63) is 64.7 Å². The zero-order chi connectivity index (χ0) is 19.7. The van der Waals surface area contributed by atoms with Gasteiger partial charge in [-0.1, -0.05) is 12.1 Å². The van der Waals surface area contributed by atoms with Crippen LogP contribution in [0.15, 0.2) is 42.5 Å². The van der Waals surface area contributed by atoms with Crippen molar-refractivity contribution >= 4 is 11.8 Å². The average molecular weight is 376 g/mol. The van der Waals surface area contributed by atoms with E-state index in [4.69, 9.17) is 4.74 Å². The molecule has 0 fully saturated rings. The molecule has 0 heterocycles. The summed E-state index contributed by atoms with van der Waals surface area (Å²) in [5.41, 5.74) is -4.26. The Hall–Kier alpha value is -2.84. The number of alkyl halides is 6. The summed E-state index contributed by atoms with van der Waals surface area (Å²) < 4.78 is 81.8. The minimum absolute atomic E-state index is 0.0381. The average Bonchev–Trinajstić information content (AvgIpc) is 2.53. The van der Waals surface area contributed by atoms with Crippen LogP contribution in [0, 0.1) is 0 Å². The van der Waals surface area contributed by atoms with Gasteiger partial charge in [-0.05, 0) is 37.3 Å². The molecule has 0 aliphatic heterocycles. The number of benzene rings is 2. The van der Waals surface area contributed by atoms with E-state index in [2.05, 4.69) is 0 Å². The minimum atomic E-state index is -5.09. The molecule has 0 bridgehead atoms. The van der Waals surface area contributed by atoms with Crippen molar-refractivity contribution < 1.29 is 40.7 Å². The van der Waals surface area contributed by atoms with Crippen molar-refractivity contribution in [2.24, 2.45) is 0 Å². The van der Waals surface area contributed by atoms with Gasteiger partial charge in [0.15, 0.2) is 5.78 Å². The Labute approximate surface area is 143 Å². The van der Waals surface area contributed by atoms with Gasteiger partial charge in [0.1, 0.15) is 5.75 Å². The first kappa shape index (κ1) is 19.5. The van der Waals surface area contributed by atoms with Crippen molar-refractivity contribution in [3.63, 3.8) is 0 Å². The molecule has 9 heteroatoms. The first-order valence-electron chi connectivity index (χ1n) is 7.01. The third-order valence-corrected chi connectivity index (χ3v) is 3.29. The SMILES string of the molecule is CC(=O)c1ccccc1OC(=O)c1cc(C(F)(F)F)cc(C(F)(F)F)c1. The van der Waals surface area contributed by atoms with Gasteiger partial charge in [-0.15, -0.1) is 0 Å². The number of halogens is 6. The van der Waals surface area contributed by atoms with Gasteiger partial charge in [-0.3, -0.25) is 4.79 Å². The Morgan fingerprint density at radius 2 is 1.35 bits per heavy atom. The molecule has 2 aromatic carbocycles. The molecule has 0 N–H and O–H groups in total. The highest BCUT2D eigenvalue weighted by Crippen LogP contribution is 2.36. The number of carbonyl (C=O) groups excluding carboxylic acids is 2. The van der Waals surface area contributed by atoms with Crippen LogP contribution >= 0.6 is 0 Å². The number of ether oxygens (including phenoxy) is 1. The number of Topliss-reactive ketones (excluding diaryl/α,β-unsaturated/α-hetero) is 1. The molecular weight excluding hydrogens is 366 g/mol. The van der Waals surface area contributed by atoms with Gasteiger partial charge in [0.2, 0.25) is 0 Å². The quantitative estimate of drug-likeness (QED) is 0.322. The molecule has 0 saturated carbocycles. The van der Waals surface area contributed by atoms with Gasteiger partial charge in [0, 0.05) is 0 Å². The summed E-state index contributed by atoms with van der Waals surface area (Å²) in [5.74, 6) is -2.21. The Bertz CT molecular complexity index is 820. The number of ketones is 1. The smallest absolute Gasteiger partial charge is 0.416 e. The maximum absolute atomic E-state index is 12.8. The zero-order valence-electron chi connectivity index (χ0n) is 13.0. The van der Waals surface area contributed by atoms with E-state index in [0.717, 1.165) is 0 Å². The fourth-order valence-electron chi connectivity index (χ4n) is 2.08. The van der Waals surface area contributed by atoms with Crippen molar-refractivity contribution in [2.75, 3.05) is 0 Å². The molecule has 0 radical (unpaired) electrons. The van der Waals surface area contributed by atoms with Crippen molar-refractivity contribution in [2.45, 2.75) is 19.3 Å². The van der Waals surface area contributed by atoms with Crippen molar-refractivity contribution in [1.82, 2.24) is 0 Å². The summed E-state index contributed by atoms with van der Waals surface area (Å²) in [6, 6.07) is 5.77. The standard InChI is InChI=1S/C17H10F6O3/c1-9(24)13-4-2-3-5-14(13)26-15(25)10-6-11(16(18,19)20)8-12(7-10)17(21,22)23/h2-8H,1H3. The Kier molecular flexibility index (Phi) is 5.11. The topological polar surface area (TPSA) is 43.4 Å². The predicted octanol–water partition coefficient (Wildman–Crippen LogP) is 5.15. The Morgan fingerprint density at radius 1 is 0.846 bits per heavy atom. The molecule has 138 valence electrons. The van der Waals surface area contributed by atoms with Crippen molar-refractivity contribution in [1.29, 1.82) is 0 Å². The molecule has 0 unspecified atom stereocenters. The zero-order valence-corrected chi connectivity index (χ0v) is 13.0. The fourth-order valence-corrected chi connectivity index (χ4v) is 2.08. The van der Waals surface area contributed by atoms with E-state index in [1.165, 1.54) is 31.2 Å². The van der Waals surface area contributed by atoms with Crippen LogP contribution in [-0.4, -0.2) is 11.8 Å². The van der Waals surface area contributed by atoms with Gasteiger partial charge in [0.25, 0.3) is 0 Å². The lowest BCUT2D eigenvalue weighted by Gasteiger charge is -2.14. The molecule has 0 aromatic heterocycles. The lowest BCUT2D eigenvalue weighted by atomic mass is 10.0. The van der Waals surface area contributed by atoms with Crippen LogP contribution in [0.2, 0.25) is 0 Å². The molecule has 0 saturated heterocycles. The number of para-hydroxylation sites is 1. The van der Waals surface area contributed by atoms with Crippen molar-refractivity contribution in [3.8, 4) is 5.75 Å². The second kappa shape index (κ2) is 6.81. The van der Waals surface area contributed by atoms with Gasteiger partial charge in [-0.25, -0.2) is 4.79 Å². The molecule has 26 heavy (non-hydrogen) atoms. The normalized spacial score (nSPS) is 12.0. The monoisotopic (exact) mass is 376 g/mol. The molecule has 2 aromatic rings. The van der Waals surface area contributed by atoms with Gasteiger partial charge in [0.05, 0.1) is 22.3 Å². The largest absolute Gasteiger partial charge is 0.422 e. The van der Waals surface area contributed by atoms with Crippen LogP contribution in [0.1, 0.15) is 38.8 Å². The first-order valence-corrected chi connectivity index (χ1v) is 7.01. The number of rotatable bonds is 3. The lowest BCUT2D eigenvalue weighted by molar-refractivity contribution is -0.143. The number of carbonyl (C=O) groups is 2. The molecular formula is C17H10F6O3. The van der Waals surface area contributed by atoms with E-state index < -0.39 is 40.8 Å². The maximum Gasteiger partial charge on any atom is 0.416 e. The van der Waals surface area contributed by atoms with Crippen LogP contribution in [-0.2, 0) is 12.4 Å². The summed E-state index contributed by atoms with van der Waals surface area (Å²) in [7, 11) is 0. The van der Waals surface area contributed by atoms with E-state index in [1.807, 2.05) is 0 Å². The summed E-state index contributed by atoms with van der Waals surface area (Å²) in [4.78, 5) is 23.5. The van der Waals surface area contributed by atoms with Gasteiger partial charge in [-0.2, -0.15) is 26.3 Å². The molecule has 0 atom stereocenters. The minimum Gasteiger partial charge on any atom is -0.422 e. The highest BCUT2D eigenvalue weighted by atomic mass is 19.4. The second-order valence-electron chi connectivity index (χ2n) is 5.24. The Balaban J connectivity index is 2.48. The molecule has 3 nitrogen and oxygen atoms in total. The lowest BCUT2D eigenvalue weighted by Crippen LogP contribution is -2.16. The first-order chi connectivity index (χ1) is 11.9. The highest BCUT2D eigenvalue weighted by Gasteiger charge is 2.37. The summed E-state index contributed by atoms with van der Waals surface area (Å²) >= 11 is 0. The van der Waals surface area contributed by atoms with Crippen LogP contribution < -0.4 is 4.74 Å². The third-order valence-electron chi connectivity index (χ3n) is 3.29. The number of hydrogen-bond acceptors (Lipinski definition) is 3. The van der Waals surface area contributed by atoms with E-state index in [1.54, 1.807) is 0 Å². The number of hydrogen-bond donors (Lipinski definition) is 0. The summed E-state index contributed by atoms with van der Waals surface area (Å²) in [6.07, 6.45) is -10.2. The summed E-state index contributed by atoms with van der Waals surface area (Å²) in [5, 5.41) is 0. The molecule has 0 amide bonds. The van der Waals surface area contributed by atoms with Gasteiger partial charge >= 0.3 is 18.3 Å². The fraction of sp³-hybridized carbons (Fsp3) is 0.176. The van der Waals surface area contributed by atoms with Crippen LogP contribution in [0.3, 0.4) is 0 Å². The van der Waals surface area contributed by atoms with Crippen LogP contribution in [0.4, 0.5) is 26.3 Å². The maximum atomic E-state index is 12.8.